The molecule has 0 unspecified atom stereocenters. The molecule has 0 bridgehead atoms. The molecule has 14 heavy (non-hydrogen) atoms. The fourth-order valence-electron chi connectivity index (χ4n) is 1.49. The first kappa shape index (κ1) is 8.64. The molecule has 0 saturated heterocycles. The fourth-order valence-corrected chi connectivity index (χ4v) is 1.49. The van der Waals surface area contributed by atoms with E-state index in [1.54, 1.807) is 6.20 Å². The van der Waals surface area contributed by atoms with Crippen LogP contribution < -0.4 is 0 Å². The molecule has 0 aliphatic heterocycles. The van der Waals surface area contributed by atoms with Gasteiger partial charge in [0.2, 0.25) is 0 Å². The van der Waals surface area contributed by atoms with Gasteiger partial charge < -0.3 is 0 Å². The average molecular weight is 183 g/mol. The summed E-state index contributed by atoms with van der Waals surface area (Å²) in [6.45, 7) is 3.89. The van der Waals surface area contributed by atoms with E-state index in [9.17, 15) is 0 Å². The molecule has 0 aliphatic rings. The normalized spacial score (nSPS) is 10.1. The molecular formula is C11H9N3. The van der Waals surface area contributed by atoms with Gasteiger partial charge in [0.05, 0.1) is 0 Å². The SMILES string of the molecule is Cc1cc2c(C)ccnc2c(C#N)n1. The van der Waals surface area contributed by atoms with E-state index in [4.69, 9.17) is 5.26 Å². The van der Waals surface area contributed by atoms with E-state index in [2.05, 4.69) is 16.0 Å². The molecule has 0 saturated carbocycles. The maximum absolute atomic E-state index is 8.90. The minimum Gasteiger partial charge on any atom is -0.253 e. The van der Waals surface area contributed by atoms with Crippen molar-refractivity contribution >= 4 is 10.9 Å². The first-order valence-electron chi connectivity index (χ1n) is 4.35. The second-order valence-electron chi connectivity index (χ2n) is 3.25. The van der Waals surface area contributed by atoms with Crippen LogP contribution in [-0.2, 0) is 0 Å². The Labute approximate surface area is 82.0 Å². The summed E-state index contributed by atoms with van der Waals surface area (Å²) in [7, 11) is 0. The Kier molecular flexibility index (Phi) is 1.90. The van der Waals surface area contributed by atoms with Crippen LogP contribution >= 0.6 is 0 Å². The molecular weight excluding hydrogens is 174 g/mol. The number of hydrogen-bond acceptors (Lipinski definition) is 3. The summed E-state index contributed by atoms with van der Waals surface area (Å²) in [5.41, 5.74) is 3.07. The van der Waals surface area contributed by atoms with Gasteiger partial charge in [-0.15, -0.1) is 0 Å². The molecule has 2 heterocycles. The van der Waals surface area contributed by atoms with E-state index in [-0.39, 0.29) is 0 Å². The van der Waals surface area contributed by atoms with Gasteiger partial charge in [-0.25, -0.2) is 4.98 Å². The Morgan fingerprint density at radius 1 is 1.36 bits per heavy atom. The molecule has 3 heteroatoms. The number of hydrogen-bond donors (Lipinski definition) is 0. The Bertz CT molecular complexity index is 538. The molecule has 0 aromatic carbocycles. The van der Waals surface area contributed by atoms with Crippen molar-refractivity contribution in [3.05, 3.63) is 35.3 Å². The van der Waals surface area contributed by atoms with Crippen LogP contribution in [0.3, 0.4) is 0 Å². The Morgan fingerprint density at radius 3 is 2.86 bits per heavy atom. The third-order valence-electron chi connectivity index (χ3n) is 2.18. The van der Waals surface area contributed by atoms with Crippen LogP contribution in [0.4, 0.5) is 0 Å². The summed E-state index contributed by atoms with van der Waals surface area (Å²) >= 11 is 0. The Morgan fingerprint density at radius 2 is 2.14 bits per heavy atom. The molecule has 0 atom stereocenters. The average Bonchev–Trinajstić information content (AvgIpc) is 2.18. The highest BCUT2D eigenvalue weighted by atomic mass is 14.8. The summed E-state index contributed by atoms with van der Waals surface area (Å²) < 4.78 is 0. The number of nitriles is 1. The molecule has 0 radical (unpaired) electrons. The highest BCUT2D eigenvalue weighted by Gasteiger charge is 2.05. The van der Waals surface area contributed by atoms with Crippen molar-refractivity contribution in [2.24, 2.45) is 0 Å². The summed E-state index contributed by atoms with van der Waals surface area (Å²) in [5, 5.41) is 9.91. The van der Waals surface area contributed by atoms with Crippen LogP contribution in [-0.4, -0.2) is 9.97 Å². The van der Waals surface area contributed by atoms with E-state index >= 15 is 0 Å². The van der Waals surface area contributed by atoms with Gasteiger partial charge in [-0.1, -0.05) is 0 Å². The molecule has 2 aromatic rings. The quantitative estimate of drug-likeness (QED) is 0.628. The van der Waals surface area contributed by atoms with Crippen LogP contribution in [0.15, 0.2) is 18.3 Å². The lowest BCUT2D eigenvalue weighted by Gasteiger charge is -2.02. The molecule has 0 fully saturated rings. The van der Waals surface area contributed by atoms with Crippen LogP contribution in [0.5, 0.6) is 0 Å². The number of nitrogens with zero attached hydrogens (tertiary/aromatic N) is 3. The van der Waals surface area contributed by atoms with Crippen LogP contribution in [0.1, 0.15) is 17.0 Å². The number of fused-ring (bicyclic) bond motifs is 1. The molecule has 0 N–H and O–H groups in total. The molecule has 0 amide bonds. The number of aromatic nitrogens is 2. The van der Waals surface area contributed by atoms with Crippen molar-refractivity contribution in [2.45, 2.75) is 13.8 Å². The van der Waals surface area contributed by atoms with Crippen LogP contribution in [0.25, 0.3) is 10.9 Å². The molecule has 2 rings (SSSR count). The summed E-state index contributed by atoms with van der Waals surface area (Å²) in [6.07, 6.45) is 1.70. The van der Waals surface area contributed by atoms with Crippen LogP contribution in [0, 0.1) is 25.2 Å². The summed E-state index contributed by atoms with van der Waals surface area (Å²) in [5.74, 6) is 0. The van der Waals surface area contributed by atoms with Gasteiger partial charge >= 0.3 is 0 Å². The molecule has 0 aliphatic carbocycles. The van der Waals surface area contributed by atoms with E-state index < -0.39 is 0 Å². The predicted molar refractivity (Wildman–Crippen MR) is 53.7 cm³/mol. The Balaban J connectivity index is 2.96. The van der Waals surface area contributed by atoms with Crippen molar-refractivity contribution in [3.8, 4) is 6.07 Å². The lowest BCUT2D eigenvalue weighted by atomic mass is 10.1. The van der Waals surface area contributed by atoms with Crippen LogP contribution in [0.2, 0.25) is 0 Å². The first-order valence-corrected chi connectivity index (χ1v) is 4.35. The summed E-state index contributed by atoms with van der Waals surface area (Å²) in [4.78, 5) is 8.31. The standard InChI is InChI=1S/C11H9N3/c1-7-3-4-13-11-9(7)5-8(2)14-10(11)6-12/h3-5H,1-2H3. The monoisotopic (exact) mass is 183 g/mol. The maximum Gasteiger partial charge on any atom is 0.167 e. The second-order valence-corrected chi connectivity index (χ2v) is 3.25. The largest absolute Gasteiger partial charge is 0.253 e. The van der Waals surface area contributed by atoms with E-state index in [1.807, 2.05) is 26.0 Å². The molecule has 68 valence electrons. The zero-order chi connectivity index (χ0) is 10.1. The van der Waals surface area contributed by atoms with Gasteiger partial charge in [0.25, 0.3) is 0 Å². The van der Waals surface area contributed by atoms with Gasteiger partial charge in [-0.2, -0.15) is 5.26 Å². The lowest BCUT2D eigenvalue weighted by Crippen LogP contribution is -1.93. The lowest BCUT2D eigenvalue weighted by molar-refractivity contribution is 1.17. The molecule has 3 nitrogen and oxygen atoms in total. The van der Waals surface area contributed by atoms with E-state index in [0.717, 1.165) is 16.6 Å². The highest BCUT2D eigenvalue weighted by Crippen LogP contribution is 2.18. The summed E-state index contributed by atoms with van der Waals surface area (Å²) in [6, 6.07) is 5.95. The topological polar surface area (TPSA) is 49.6 Å². The van der Waals surface area contributed by atoms with Crippen molar-refractivity contribution in [1.82, 2.24) is 9.97 Å². The number of rotatable bonds is 0. The highest BCUT2D eigenvalue weighted by molar-refractivity contribution is 5.85. The third kappa shape index (κ3) is 1.21. The van der Waals surface area contributed by atoms with Crippen molar-refractivity contribution in [1.29, 1.82) is 5.26 Å². The van der Waals surface area contributed by atoms with Gasteiger partial charge in [-0.05, 0) is 31.5 Å². The zero-order valence-electron chi connectivity index (χ0n) is 8.07. The fraction of sp³-hybridized carbons (Fsp3) is 0.182. The second kappa shape index (κ2) is 3.08. The van der Waals surface area contributed by atoms with E-state index in [0.29, 0.717) is 11.2 Å². The number of pyridine rings is 2. The first-order chi connectivity index (χ1) is 6.72. The zero-order valence-corrected chi connectivity index (χ0v) is 8.07. The predicted octanol–water partition coefficient (Wildman–Crippen LogP) is 2.12. The maximum atomic E-state index is 8.90. The van der Waals surface area contributed by atoms with Crippen molar-refractivity contribution in [3.63, 3.8) is 0 Å². The minimum atomic E-state index is 0.406. The number of aryl methyl sites for hydroxylation is 2. The minimum absolute atomic E-state index is 0.406. The molecule has 0 spiro atoms. The molecule has 2 aromatic heterocycles. The third-order valence-corrected chi connectivity index (χ3v) is 2.18. The van der Waals surface area contributed by atoms with Gasteiger partial charge in [0.15, 0.2) is 5.69 Å². The smallest absolute Gasteiger partial charge is 0.167 e. The van der Waals surface area contributed by atoms with Crippen molar-refractivity contribution in [2.75, 3.05) is 0 Å². The van der Waals surface area contributed by atoms with Gasteiger partial charge in [0.1, 0.15) is 11.6 Å². The van der Waals surface area contributed by atoms with E-state index in [1.165, 1.54) is 0 Å². The van der Waals surface area contributed by atoms with Gasteiger partial charge in [0, 0.05) is 17.3 Å². The Hall–Kier alpha value is -1.95. The van der Waals surface area contributed by atoms with Crippen molar-refractivity contribution < 1.29 is 0 Å². The van der Waals surface area contributed by atoms with Gasteiger partial charge in [-0.3, -0.25) is 4.98 Å².